The van der Waals surface area contributed by atoms with Crippen molar-refractivity contribution >= 4 is 17.9 Å². The number of ketones is 1. The van der Waals surface area contributed by atoms with Gasteiger partial charge in [-0.25, -0.2) is 4.99 Å². The Bertz CT molecular complexity index is 507. The lowest BCUT2D eigenvalue weighted by atomic mass is 10.2. The fraction of sp³-hybridized carbons (Fsp3) is 0.214. The number of carbonyl (C=O) groups is 2. The quantitative estimate of drug-likeness (QED) is 0.370. The van der Waals surface area contributed by atoms with Gasteiger partial charge in [-0.1, -0.05) is 30.3 Å². The molecule has 1 aromatic rings. The predicted molar refractivity (Wildman–Crippen MR) is 74.6 cm³/mol. The van der Waals surface area contributed by atoms with Crippen LogP contribution in [0.1, 0.15) is 12.5 Å². The van der Waals surface area contributed by atoms with Crippen molar-refractivity contribution < 1.29 is 9.59 Å². The summed E-state index contributed by atoms with van der Waals surface area (Å²) in [5.41, 5.74) is 6.28. The minimum absolute atomic E-state index is 0.0264. The minimum Gasteiger partial charge on any atom is -0.395 e. The van der Waals surface area contributed by atoms with E-state index < -0.39 is 0 Å². The number of rotatable bonds is 5. The topological polar surface area (TPSA) is 75.8 Å². The van der Waals surface area contributed by atoms with Crippen molar-refractivity contribution in [1.82, 2.24) is 4.90 Å². The Morgan fingerprint density at radius 3 is 2.53 bits per heavy atom. The SMILES string of the molecule is CC(=O)CN(C)C(=N/C=C(/N)C=O)c1ccccc1. The van der Waals surface area contributed by atoms with E-state index in [0.717, 1.165) is 5.56 Å². The summed E-state index contributed by atoms with van der Waals surface area (Å²) < 4.78 is 0. The average Bonchev–Trinajstić information content (AvgIpc) is 2.39. The molecule has 0 atom stereocenters. The molecule has 0 saturated carbocycles. The third kappa shape index (κ3) is 4.75. The maximum Gasteiger partial charge on any atom is 0.167 e. The fourth-order valence-electron chi connectivity index (χ4n) is 1.56. The second kappa shape index (κ2) is 7.10. The van der Waals surface area contributed by atoms with Crippen LogP contribution in [0.2, 0.25) is 0 Å². The van der Waals surface area contributed by atoms with Gasteiger partial charge >= 0.3 is 0 Å². The summed E-state index contributed by atoms with van der Waals surface area (Å²) in [6, 6.07) is 9.39. The Morgan fingerprint density at radius 1 is 1.37 bits per heavy atom. The van der Waals surface area contributed by atoms with Crippen molar-refractivity contribution in [2.24, 2.45) is 10.7 Å². The summed E-state index contributed by atoms with van der Waals surface area (Å²) in [6.07, 6.45) is 1.81. The molecule has 1 rings (SSSR count). The molecule has 0 bridgehead atoms. The number of nitrogens with zero attached hydrogens (tertiary/aromatic N) is 2. The number of amidine groups is 1. The second-order valence-corrected chi connectivity index (χ2v) is 4.12. The van der Waals surface area contributed by atoms with Crippen LogP contribution in [0.4, 0.5) is 0 Å². The molecule has 1 aromatic carbocycles. The summed E-state index contributed by atoms with van der Waals surface area (Å²) in [7, 11) is 1.76. The lowest BCUT2D eigenvalue weighted by Crippen LogP contribution is -2.31. The number of nitrogens with two attached hydrogens (primary N) is 1. The van der Waals surface area contributed by atoms with Crippen molar-refractivity contribution in [2.45, 2.75) is 6.92 Å². The molecule has 0 aliphatic carbocycles. The lowest BCUT2D eigenvalue weighted by Gasteiger charge is -2.19. The van der Waals surface area contributed by atoms with E-state index in [2.05, 4.69) is 4.99 Å². The molecular formula is C14H17N3O2. The molecule has 0 aliphatic rings. The molecule has 0 unspecified atom stereocenters. The average molecular weight is 259 g/mol. The Kier molecular flexibility index (Phi) is 5.47. The minimum atomic E-state index is 0.0264. The van der Waals surface area contributed by atoms with Crippen molar-refractivity contribution in [3.05, 3.63) is 47.8 Å². The third-order valence-corrected chi connectivity index (χ3v) is 2.33. The van der Waals surface area contributed by atoms with E-state index in [1.54, 1.807) is 11.9 Å². The Morgan fingerprint density at radius 2 is 2.00 bits per heavy atom. The summed E-state index contributed by atoms with van der Waals surface area (Å²) in [5.74, 6) is 0.610. The number of aldehydes is 1. The number of benzene rings is 1. The van der Waals surface area contributed by atoms with Gasteiger partial charge in [0.15, 0.2) is 6.29 Å². The normalized spacial score (nSPS) is 12.1. The number of aliphatic imine (C=N–C) groups is 1. The lowest BCUT2D eigenvalue weighted by molar-refractivity contribution is -0.117. The zero-order valence-corrected chi connectivity index (χ0v) is 11.0. The summed E-state index contributed by atoms with van der Waals surface area (Å²) in [4.78, 5) is 27.6. The monoisotopic (exact) mass is 259 g/mol. The number of carbonyl (C=O) groups excluding carboxylic acids is 2. The largest absolute Gasteiger partial charge is 0.395 e. The van der Waals surface area contributed by atoms with E-state index in [-0.39, 0.29) is 18.0 Å². The molecule has 2 N–H and O–H groups in total. The summed E-state index contributed by atoms with van der Waals surface area (Å²) in [5, 5.41) is 0. The molecule has 0 fully saturated rings. The molecule has 0 saturated heterocycles. The first-order valence-electron chi connectivity index (χ1n) is 5.79. The number of hydrogen-bond acceptors (Lipinski definition) is 4. The first-order valence-corrected chi connectivity index (χ1v) is 5.79. The van der Waals surface area contributed by atoms with Crippen LogP contribution in [0.25, 0.3) is 0 Å². The van der Waals surface area contributed by atoms with Gasteiger partial charge in [0.05, 0.1) is 18.4 Å². The van der Waals surface area contributed by atoms with E-state index in [1.165, 1.54) is 13.1 Å². The van der Waals surface area contributed by atoms with Crippen LogP contribution in [-0.2, 0) is 9.59 Å². The van der Waals surface area contributed by atoms with Crippen molar-refractivity contribution in [2.75, 3.05) is 13.6 Å². The molecular weight excluding hydrogens is 242 g/mol. The van der Waals surface area contributed by atoms with Gasteiger partial charge in [0.2, 0.25) is 0 Å². The van der Waals surface area contributed by atoms with Crippen LogP contribution < -0.4 is 5.73 Å². The molecule has 5 nitrogen and oxygen atoms in total. The van der Waals surface area contributed by atoms with Crippen LogP contribution in [0, 0.1) is 0 Å². The van der Waals surface area contributed by atoms with E-state index in [4.69, 9.17) is 5.73 Å². The highest BCUT2D eigenvalue weighted by atomic mass is 16.1. The van der Waals surface area contributed by atoms with Gasteiger partial charge in [-0.2, -0.15) is 0 Å². The maximum absolute atomic E-state index is 11.2. The Hall–Kier alpha value is -2.43. The van der Waals surface area contributed by atoms with Crippen LogP contribution in [0.15, 0.2) is 47.2 Å². The Labute approximate surface area is 112 Å². The predicted octanol–water partition coefficient (Wildman–Crippen LogP) is 0.953. The molecule has 0 aromatic heterocycles. The van der Waals surface area contributed by atoms with Gasteiger partial charge in [0, 0.05) is 12.6 Å². The smallest absolute Gasteiger partial charge is 0.167 e. The highest BCUT2D eigenvalue weighted by Gasteiger charge is 2.10. The zero-order chi connectivity index (χ0) is 14.3. The third-order valence-electron chi connectivity index (χ3n) is 2.33. The molecule has 0 radical (unpaired) electrons. The van der Waals surface area contributed by atoms with Crippen LogP contribution in [0.3, 0.4) is 0 Å². The molecule has 0 spiro atoms. The van der Waals surface area contributed by atoms with Crippen LogP contribution in [0.5, 0.6) is 0 Å². The van der Waals surface area contributed by atoms with Gasteiger partial charge in [-0.05, 0) is 6.92 Å². The summed E-state index contributed by atoms with van der Waals surface area (Å²) in [6.45, 7) is 1.75. The molecule has 5 heteroatoms. The molecule has 0 heterocycles. The molecule has 0 aliphatic heterocycles. The highest BCUT2D eigenvalue weighted by molar-refractivity contribution is 6.00. The Balaban J connectivity index is 3.11. The van der Waals surface area contributed by atoms with Gasteiger partial charge in [0.1, 0.15) is 11.6 Å². The maximum atomic E-state index is 11.2. The number of likely N-dealkylation sites (N-methyl/N-ethyl adjacent to an activating group) is 1. The van der Waals surface area contributed by atoms with Gasteiger partial charge in [-0.15, -0.1) is 0 Å². The molecule has 100 valence electrons. The molecule has 19 heavy (non-hydrogen) atoms. The highest BCUT2D eigenvalue weighted by Crippen LogP contribution is 2.05. The fourth-order valence-corrected chi connectivity index (χ4v) is 1.56. The summed E-state index contributed by atoms with van der Waals surface area (Å²) >= 11 is 0. The number of hydrogen-bond donors (Lipinski definition) is 1. The number of Topliss-reactive ketones (excluding diaryl/α,β-unsaturated/α-hetero) is 1. The first kappa shape index (κ1) is 14.6. The van der Waals surface area contributed by atoms with Gasteiger partial charge in [0.25, 0.3) is 0 Å². The zero-order valence-electron chi connectivity index (χ0n) is 11.0. The van der Waals surface area contributed by atoms with Crippen molar-refractivity contribution in [3.63, 3.8) is 0 Å². The molecule has 0 amide bonds. The second-order valence-electron chi connectivity index (χ2n) is 4.12. The first-order chi connectivity index (χ1) is 9.04. The van der Waals surface area contributed by atoms with Crippen molar-refractivity contribution in [1.29, 1.82) is 0 Å². The van der Waals surface area contributed by atoms with Gasteiger partial charge in [-0.3, -0.25) is 9.59 Å². The van der Waals surface area contributed by atoms with Gasteiger partial charge < -0.3 is 10.6 Å². The van der Waals surface area contributed by atoms with E-state index >= 15 is 0 Å². The van der Waals surface area contributed by atoms with Crippen molar-refractivity contribution in [3.8, 4) is 0 Å². The van der Waals surface area contributed by atoms with E-state index in [9.17, 15) is 9.59 Å². The standard InChI is InChI=1S/C14H17N3O2/c1-11(19)9-17(2)14(16-8-13(15)10-18)12-6-4-3-5-7-12/h3-8,10H,9,15H2,1-2H3/b13-8+,16-14?. The van der Waals surface area contributed by atoms with E-state index in [1.807, 2.05) is 30.3 Å². The number of allylic oxidation sites excluding steroid dienone is 1. The van der Waals surface area contributed by atoms with Crippen LogP contribution >= 0.6 is 0 Å². The van der Waals surface area contributed by atoms with Crippen LogP contribution in [-0.4, -0.2) is 36.4 Å². The van der Waals surface area contributed by atoms with E-state index in [0.29, 0.717) is 12.1 Å².